The summed E-state index contributed by atoms with van der Waals surface area (Å²) in [5.74, 6) is -3.35. The number of ether oxygens (including phenoxy) is 2. The van der Waals surface area contributed by atoms with E-state index in [-0.39, 0.29) is 23.7 Å². The van der Waals surface area contributed by atoms with Crippen LogP contribution in [-0.4, -0.2) is 62.0 Å². The number of benzene rings is 2. The van der Waals surface area contributed by atoms with Crippen LogP contribution in [0.4, 0.5) is 23.8 Å². The first-order valence-electron chi connectivity index (χ1n) is 13.9. The van der Waals surface area contributed by atoms with Crippen molar-refractivity contribution in [3.05, 3.63) is 83.8 Å². The minimum Gasteiger partial charge on any atom is -0.479 e. The average Bonchev–Trinajstić information content (AvgIpc) is 3.38. The molecule has 0 saturated carbocycles. The normalized spacial score (nSPS) is 13.1. The fraction of sp³-hybridized carbons (Fsp3) is 0.355. The first-order chi connectivity index (χ1) is 21.4. The number of halogens is 3. The minimum absolute atomic E-state index is 0.0256. The molecule has 3 amide bonds. The molecule has 15 heteroatoms. The molecular weight excluding hydrogens is 611 g/mol. The largest absolute Gasteiger partial charge is 0.479 e. The maximum Gasteiger partial charge on any atom is 0.416 e. The Bertz CT molecular complexity index is 1580. The number of nitrogens with zero attached hydrogens (tertiary/aromatic N) is 3. The molecule has 0 radical (unpaired) electrons. The maximum absolute atomic E-state index is 13.3. The summed E-state index contributed by atoms with van der Waals surface area (Å²) in [5.41, 5.74) is -2.95. The molecule has 0 bridgehead atoms. The van der Waals surface area contributed by atoms with Gasteiger partial charge in [0.15, 0.2) is 11.9 Å². The number of hydrogen-bond donors (Lipinski definition) is 3. The molecule has 0 spiro atoms. The molecule has 3 N–H and O–H groups in total. The van der Waals surface area contributed by atoms with E-state index >= 15 is 0 Å². The average molecular weight is 646 g/mol. The summed E-state index contributed by atoms with van der Waals surface area (Å²) in [6.07, 6.45) is -3.24. The van der Waals surface area contributed by atoms with Gasteiger partial charge >= 0.3 is 18.2 Å². The lowest BCUT2D eigenvalue weighted by atomic mass is 10.0. The third-order valence-electron chi connectivity index (χ3n) is 6.13. The topological polar surface area (TPSA) is 161 Å². The molecule has 3 rings (SSSR count). The highest BCUT2D eigenvalue weighted by Gasteiger charge is 2.33. The van der Waals surface area contributed by atoms with Crippen LogP contribution in [0.1, 0.15) is 57.4 Å². The molecule has 1 aromatic heterocycles. The van der Waals surface area contributed by atoms with Gasteiger partial charge in [-0.2, -0.15) is 13.2 Å². The summed E-state index contributed by atoms with van der Waals surface area (Å²) in [6, 6.07) is 11.1. The molecule has 0 aliphatic carbocycles. The van der Waals surface area contributed by atoms with E-state index in [1.54, 1.807) is 45.0 Å². The van der Waals surface area contributed by atoms with Crippen molar-refractivity contribution >= 4 is 35.4 Å². The van der Waals surface area contributed by atoms with Gasteiger partial charge in [0, 0.05) is 6.20 Å². The highest BCUT2D eigenvalue weighted by Crippen LogP contribution is 2.30. The lowest BCUT2D eigenvalue weighted by molar-refractivity contribution is -0.139. The van der Waals surface area contributed by atoms with E-state index in [0.29, 0.717) is 0 Å². The van der Waals surface area contributed by atoms with E-state index in [9.17, 15) is 37.5 Å². The number of anilines is 1. The maximum atomic E-state index is 13.3. The van der Waals surface area contributed by atoms with Crippen LogP contribution >= 0.6 is 0 Å². The SMILES string of the molecule is CC(C)(C)OC(=O)NC(C)(C)C(=O)N=C(COCc1ccccc1)C(=O)Nc1cn(C(C(=O)O)c2ccc(C(F)(F)F)cc2)cn1. The van der Waals surface area contributed by atoms with Gasteiger partial charge in [0.25, 0.3) is 11.8 Å². The molecule has 0 aliphatic rings. The smallest absolute Gasteiger partial charge is 0.416 e. The first-order valence-corrected chi connectivity index (χ1v) is 13.9. The second-order valence-electron chi connectivity index (χ2n) is 11.6. The molecule has 1 heterocycles. The molecule has 2 aromatic carbocycles. The molecule has 12 nitrogen and oxygen atoms in total. The molecule has 3 aromatic rings. The zero-order valence-corrected chi connectivity index (χ0v) is 25.7. The lowest BCUT2D eigenvalue weighted by Gasteiger charge is -2.26. The van der Waals surface area contributed by atoms with Crippen LogP contribution in [-0.2, 0) is 36.6 Å². The fourth-order valence-corrected chi connectivity index (χ4v) is 3.89. The molecular formula is C31H34F3N5O7. The van der Waals surface area contributed by atoms with Crippen LogP contribution in [0, 0.1) is 0 Å². The van der Waals surface area contributed by atoms with Gasteiger partial charge in [0.05, 0.1) is 25.1 Å². The van der Waals surface area contributed by atoms with Crippen molar-refractivity contribution in [2.45, 2.75) is 64.6 Å². The highest BCUT2D eigenvalue weighted by atomic mass is 19.4. The second-order valence-corrected chi connectivity index (χ2v) is 11.6. The van der Waals surface area contributed by atoms with Crippen molar-refractivity contribution in [1.29, 1.82) is 0 Å². The number of alkyl carbamates (subject to hydrolysis) is 1. The third kappa shape index (κ3) is 10.3. The Balaban J connectivity index is 1.83. The Hall–Kier alpha value is -5.05. The van der Waals surface area contributed by atoms with E-state index in [0.717, 1.165) is 46.9 Å². The Morgan fingerprint density at radius 2 is 1.61 bits per heavy atom. The summed E-state index contributed by atoms with van der Waals surface area (Å²) in [7, 11) is 0. The van der Waals surface area contributed by atoms with Crippen molar-refractivity contribution in [1.82, 2.24) is 14.9 Å². The Morgan fingerprint density at radius 3 is 2.17 bits per heavy atom. The number of rotatable bonds is 11. The van der Waals surface area contributed by atoms with Crippen molar-refractivity contribution in [3.8, 4) is 0 Å². The van der Waals surface area contributed by atoms with Crippen LogP contribution in [0.25, 0.3) is 0 Å². The van der Waals surface area contributed by atoms with Gasteiger partial charge < -0.3 is 29.8 Å². The van der Waals surface area contributed by atoms with Crippen molar-refractivity contribution < 1.29 is 46.9 Å². The summed E-state index contributed by atoms with van der Waals surface area (Å²) < 4.78 is 50.9. The molecule has 0 saturated heterocycles. The number of alkyl halides is 3. The Kier molecular flexibility index (Phi) is 11.1. The van der Waals surface area contributed by atoms with Gasteiger partial charge in [0.1, 0.15) is 16.9 Å². The summed E-state index contributed by atoms with van der Waals surface area (Å²) in [4.78, 5) is 58.7. The van der Waals surface area contributed by atoms with Crippen LogP contribution in [0.2, 0.25) is 0 Å². The summed E-state index contributed by atoms with van der Waals surface area (Å²) in [5, 5.41) is 14.7. The van der Waals surface area contributed by atoms with Gasteiger partial charge in [-0.1, -0.05) is 42.5 Å². The van der Waals surface area contributed by atoms with E-state index < -0.39 is 59.4 Å². The molecule has 0 aliphatic heterocycles. The number of imidazole rings is 1. The molecule has 0 fully saturated rings. The van der Waals surface area contributed by atoms with Crippen LogP contribution < -0.4 is 10.6 Å². The number of carboxylic acid groups (broad SMARTS) is 1. The molecule has 1 unspecified atom stereocenters. The van der Waals surface area contributed by atoms with Crippen LogP contribution in [0.3, 0.4) is 0 Å². The number of amides is 3. The number of carboxylic acids is 1. The van der Waals surface area contributed by atoms with Gasteiger partial charge in [-0.15, -0.1) is 0 Å². The zero-order valence-electron chi connectivity index (χ0n) is 25.7. The Morgan fingerprint density at radius 1 is 0.978 bits per heavy atom. The van der Waals surface area contributed by atoms with Crippen molar-refractivity contribution in [2.24, 2.45) is 4.99 Å². The third-order valence-corrected chi connectivity index (χ3v) is 6.13. The van der Waals surface area contributed by atoms with Crippen LogP contribution in [0.15, 0.2) is 72.1 Å². The molecule has 1 atom stereocenters. The van der Waals surface area contributed by atoms with E-state index in [1.807, 2.05) is 6.07 Å². The van der Waals surface area contributed by atoms with E-state index in [4.69, 9.17) is 9.47 Å². The van der Waals surface area contributed by atoms with E-state index in [1.165, 1.54) is 13.8 Å². The second kappa shape index (κ2) is 14.4. The van der Waals surface area contributed by atoms with Gasteiger partial charge in [0.2, 0.25) is 0 Å². The minimum atomic E-state index is -4.60. The molecule has 46 heavy (non-hydrogen) atoms. The van der Waals surface area contributed by atoms with Gasteiger partial charge in [-0.3, -0.25) is 9.59 Å². The van der Waals surface area contributed by atoms with Gasteiger partial charge in [-0.25, -0.2) is 19.6 Å². The number of aliphatic carboxylic acids is 1. The number of carbonyl (C=O) groups excluding carboxylic acids is 3. The number of nitrogens with one attached hydrogen (secondary N) is 2. The van der Waals surface area contributed by atoms with Gasteiger partial charge in [-0.05, 0) is 57.9 Å². The number of aliphatic imine (C=N–C) groups is 1. The predicted molar refractivity (Wildman–Crippen MR) is 160 cm³/mol. The quantitative estimate of drug-likeness (QED) is 0.246. The number of carbonyl (C=O) groups is 4. The van der Waals surface area contributed by atoms with Crippen molar-refractivity contribution in [2.75, 3.05) is 11.9 Å². The monoisotopic (exact) mass is 645 g/mol. The Labute approximate surface area is 262 Å². The van der Waals surface area contributed by atoms with Crippen LogP contribution in [0.5, 0.6) is 0 Å². The predicted octanol–water partition coefficient (Wildman–Crippen LogP) is 5.00. The summed E-state index contributed by atoms with van der Waals surface area (Å²) in [6.45, 7) is 7.33. The fourth-order valence-electron chi connectivity index (χ4n) is 3.89. The van der Waals surface area contributed by atoms with E-state index in [2.05, 4.69) is 20.6 Å². The van der Waals surface area contributed by atoms with Crippen molar-refractivity contribution in [3.63, 3.8) is 0 Å². The zero-order chi connectivity index (χ0) is 34.3. The number of aromatic nitrogens is 2. The highest BCUT2D eigenvalue weighted by molar-refractivity contribution is 6.45. The summed E-state index contributed by atoms with van der Waals surface area (Å²) >= 11 is 0. The lowest BCUT2D eigenvalue weighted by Crippen LogP contribution is -2.51. The number of hydrogen-bond acceptors (Lipinski definition) is 7. The first kappa shape index (κ1) is 35.4. The standard InChI is InChI=1S/C31H34F3N5O7/c1-29(2,3)46-28(44)38-30(4,5)27(43)36-22(17-45-16-19-9-7-6-8-10-19)25(40)37-23-15-39(18-35-23)24(26(41)42)20-11-13-21(14-12-20)31(32,33)34/h6-15,18,24H,16-17H2,1-5H3,(H,37,40)(H,38,44)(H,41,42). The molecule has 246 valence electrons.